The van der Waals surface area contributed by atoms with Gasteiger partial charge < -0.3 is 5.73 Å². The third-order valence-corrected chi connectivity index (χ3v) is 3.12. The minimum Gasteiger partial charge on any atom is -0.326 e. The van der Waals surface area contributed by atoms with Crippen LogP contribution in [0.5, 0.6) is 0 Å². The van der Waals surface area contributed by atoms with Gasteiger partial charge in [-0.1, -0.05) is 0 Å². The molecule has 6 heteroatoms. The topological polar surface area (TPSA) is 78.0 Å². The molecule has 0 radical (unpaired) electrons. The summed E-state index contributed by atoms with van der Waals surface area (Å²) in [6.45, 7) is 1.89. The average Bonchev–Trinajstić information content (AvgIpc) is 2.25. The Morgan fingerprint density at radius 1 is 1.60 bits per heavy atom. The lowest BCUT2D eigenvalue weighted by atomic mass is 10.2. The number of aryl methyl sites for hydroxylation is 2. The van der Waals surface area contributed by atoms with Crippen LogP contribution in [0.2, 0.25) is 0 Å². The van der Waals surface area contributed by atoms with Crippen LogP contribution in [0.1, 0.15) is 11.4 Å². The quantitative estimate of drug-likeness (QED) is 0.768. The van der Waals surface area contributed by atoms with Gasteiger partial charge in [-0.15, -0.1) is 0 Å². The zero-order valence-corrected chi connectivity index (χ0v) is 10.1. The summed E-state index contributed by atoms with van der Waals surface area (Å²) >= 11 is 0. The number of sulfone groups is 1. The van der Waals surface area contributed by atoms with Crippen molar-refractivity contribution in [1.29, 1.82) is 0 Å². The molecule has 1 rings (SSSR count). The Kier molecular flexibility index (Phi) is 3.51. The second-order valence-electron chi connectivity index (χ2n) is 3.96. The molecule has 0 aromatic carbocycles. The molecule has 1 aromatic heterocycles. The van der Waals surface area contributed by atoms with Crippen LogP contribution >= 0.6 is 0 Å². The van der Waals surface area contributed by atoms with Crippen molar-refractivity contribution in [3.05, 3.63) is 17.5 Å². The average molecular weight is 231 g/mol. The van der Waals surface area contributed by atoms with Gasteiger partial charge in [0.25, 0.3) is 0 Å². The molecule has 0 bridgehead atoms. The van der Waals surface area contributed by atoms with E-state index in [9.17, 15) is 8.42 Å². The van der Waals surface area contributed by atoms with E-state index < -0.39 is 9.84 Å². The maximum atomic E-state index is 11.0. The molecular formula is C9H17N3O2S. The van der Waals surface area contributed by atoms with E-state index in [2.05, 4.69) is 5.10 Å². The number of hydrogen-bond donors (Lipinski definition) is 1. The smallest absolute Gasteiger partial charge is 0.148 e. The van der Waals surface area contributed by atoms with E-state index >= 15 is 0 Å². The highest BCUT2D eigenvalue weighted by Crippen LogP contribution is 2.05. The number of nitrogens with two attached hydrogens (primary N) is 1. The van der Waals surface area contributed by atoms with Crippen molar-refractivity contribution in [2.45, 2.75) is 19.4 Å². The van der Waals surface area contributed by atoms with E-state index in [0.717, 1.165) is 11.4 Å². The zero-order valence-electron chi connectivity index (χ0n) is 9.27. The lowest BCUT2D eigenvalue weighted by molar-refractivity contribution is 0.586. The summed E-state index contributed by atoms with van der Waals surface area (Å²) in [4.78, 5) is 0. The lowest BCUT2D eigenvalue weighted by Crippen LogP contribution is -2.31. The number of aromatic nitrogens is 2. The van der Waals surface area contributed by atoms with Crippen molar-refractivity contribution in [2.24, 2.45) is 12.8 Å². The van der Waals surface area contributed by atoms with Crippen molar-refractivity contribution < 1.29 is 8.42 Å². The molecule has 15 heavy (non-hydrogen) atoms. The fourth-order valence-corrected chi connectivity index (χ4v) is 2.47. The van der Waals surface area contributed by atoms with Gasteiger partial charge in [0.2, 0.25) is 0 Å². The number of nitrogens with zero attached hydrogens (tertiary/aromatic N) is 2. The van der Waals surface area contributed by atoms with Crippen LogP contribution in [0.15, 0.2) is 6.07 Å². The van der Waals surface area contributed by atoms with Crippen LogP contribution in [0.25, 0.3) is 0 Å². The van der Waals surface area contributed by atoms with Gasteiger partial charge in [-0.25, -0.2) is 8.42 Å². The van der Waals surface area contributed by atoms with Gasteiger partial charge in [-0.3, -0.25) is 4.68 Å². The summed E-state index contributed by atoms with van der Waals surface area (Å²) in [5.74, 6) is 0.0111. The number of hydrogen-bond acceptors (Lipinski definition) is 4. The van der Waals surface area contributed by atoms with Crippen LogP contribution in [0.4, 0.5) is 0 Å². The Labute approximate surface area is 90.2 Å². The van der Waals surface area contributed by atoms with E-state index in [1.165, 1.54) is 6.26 Å². The summed E-state index contributed by atoms with van der Waals surface area (Å²) in [6.07, 6.45) is 1.73. The van der Waals surface area contributed by atoms with E-state index in [0.29, 0.717) is 6.42 Å². The monoisotopic (exact) mass is 231 g/mol. The van der Waals surface area contributed by atoms with Gasteiger partial charge in [0.05, 0.1) is 11.4 Å². The molecule has 0 saturated carbocycles. The Morgan fingerprint density at radius 2 is 2.20 bits per heavy atom. The molecule has 5 nitrogen and oxygen atoms in total. The first-order valence-corrected chi connectivity index (χ1v) is 6.77. The van der Waals surface area contributed by atoms with Crippen LogP contribution in [0, 0.1) is 6.92 Å². The van der Waals surface area contributed by atoms with Crippen molar-refractivity contribution in [2.75, 3.05) is 12.0 Å². The fourth-order valence-electron chi connectivity index (χ4n) is 1.57. The van der Waals surface area contributed by atoms with E-state index in [1.54, 1.807) is 4.68 Å². The number of rotatable bonds is 4. The van der Waals surface area contributed by atoms with Gasteiger partial charge >= 0.3 is 0 Å². The van der Waals surface area contributed by atoms with Crippen LogP contribution in [-0.2, 0) is 23.3 Å². The van der Waals surface area contributed by atoms with Gasteiger partial charge in [-0.2, -0.15) is 5.10 Å². The Bertz CT molecular complexity index is 436. The SMILES string of the molecule is Cc1cc(CC(N)CS(C)(=O)=O)n(C)n1. The summed E-state index contributed by atoms with van der Waals surface area (Å²) in [7, 11) is -1.18. The van der Waals surface area contributed by atoms with E-state index in [4.69, 9.17) is 5.73 Å². The zero-order chi connectivity index (χ0) is 11.6. The Morgan fingerprint density at radius 3 is 2.60 bits per heavy atom. The van der Waals surface area contributed by atoms with Crippen molar-refractivity contribution in [3.8, 4) is 0 Å². The molecule has 0 spiro atoms. The van der Waals surface area contributed by atoms with E-state index in [-0.39, 0.29) is 11.8 Å². The summed E-state index contributed by atoms with van der Waals surface area (Å²) < 4.78 is 23.8. The van der Waals surface area contributed by atoms with Gasteiger partial charge in [0.1, 0.15) is 9.84 Å². The molecule has 1 unspecified atom stereocenters. The minimum atomic E-state index is -3.00. The predicted molar refractivity (Wildman–Crippen MR) is 59.3 cm³/mol. The third-order valence-electron chi connectivity index (χ3n) is 2.09. The van der Waals surface area contributed by atoms with E-state index in [1.807, 2.05) is 20.0 Å². The first-order valence-electron chi connectivity index (χ1n) is 4.71. The molecule has 1 atom stereocenters. The minimum absolute atomic E-state index is 0.0111. The van der Waals surface area contributed by atoms with Crippen molar-refractivity contribution >= 4 is 9.84 Å². The molecule has 0 aliphatic carbocycles. The third kappa shape index (κ3) is 4.01. The molecule has 0 aliphatic heterocycles. The lowest BCUT2D eigenvalue weighted by Gasteiger charge is -2.09. The second-order valence-corrected chi connectivity index (χ2v) is 6.14. The highest BCUT2D eigenvalue weighted by atomic mass is 32.2. The Balaban J connectivity index is 2.66. The van der Waals surface area contributed by atoms with Gasteiger partial charge in [0.15, 0.2) is 0 Å². The molecule has 0 aliphatic rings. The molecule has 0 saturated heterocycles. The summed E-state index contributed by atoms with van der Waals surface area (Å²) in [5, 5.41) is 4.17. The van der Waals surface area contributed by atoms with Crippen molar-refractivity contribution in [3.63, 3.8) is 0 Å². The largest absolute Gasteiger partial charge is 0.326 e. The molecule has 1 aromatic rings. The van der Waals surface area contributed by atoms with Crippen molar-refractivity contribution in [1.82, 2.24) is 9.78 Å². The predicted octanol–water partition coefficient (Wildman–Crippen LogP) is -0.357. The molecule has 0 fully saturated rings. The van der Waals surface area contributed by atoms with Gasteiger partial charge in [0, 0.05) is 31.5 Å². The van der Waals surface area contributed by atoms with Gasteiger partial charge in [-0.05, 0) is 13.0 Å². The molecule has 86 valence electrons. The standard InChI is InChI=1S/C9H17N3O2S/c1-7-4-9(12(2)11-7)5-8(10)6-15(3,13)14/h4,8H,5-6,10H2,1-3H3. The first-order chi connectivity index (χ1) is 6.78. The summed E-state index contributed by atoms with van der Waals surface area (Å²) in [6, 6.07) is 1.55. The maximum absolute atomic E-state index is 11.0. The second kappa shape index (κ2) is 4.32. The molecule has 0 amide bonds. The molecular weight excluding hydrogens is 214 g/mol. The highest BCUT2D eigenvalue weighted by Gasteiger charge is 2.13. The first kappa shape index (κ1) is 12.2. The highest BCUT2D eigenvalue weighted by molar-refractivity contribution is 7.90. The van der Waals surface area contributed by atoms with Crippen LogP contribution < -0.4 is 5.73 Å². The Hall–Kier alpha value is -0.880. The normalized spacial score (nSPS) is 14.1. The summed E-state index contributed by atoms with van der Waals surface area (Å²) in [5.41, 5.74) is 7.63. The molecule has 2 N–H and O–H groups in total. The molecule has 1 heterocycles. The fraction of sp³-hybridized carbons (Fsp3) is 0.667. The van der Waals surface area contributed by atoms with Crippen LogP contribution in [-0.4, -0.2) is 36.2 Å². The van der Waals surface area contributed by atoms with Crippen LogP contribution in [0.3, 0.4) is 0 Å². The maximum Gasteiger partial charge on any atom is 0.148 e.